The Bertz CT molecular complexity index is 617. The zero-order valence-corrected chi connectivity index (χ0v) is 12.0. The van der Waals surface area contributed by atoms with Gasteiger partial charge >= 0.3 is 0 Å². The van der Waals surface area contributed by atoms with Crippen molar-refractivity contribution in [3.8, 4) is 5.75 Å². The zero-order valence-electron chi connectivity index (χ0n) is 12.0. The molecule has 2 nitrogen and oxygen atoms in total. The molecule has 2 aromatic carbocycles. The standard InChI is InChI=1S/C18H20O2/c1-12-7-8-16(13(2)19)18(9-12)20-11-15-10-14-5-3-4-6-17(14)15/h3-9,13,15,19H,10-11H2,1-2H3/t13-,15?/m1/s1. The third-order valence-electron chi connectivity index (χ3n) is 4.02. The minimum atomic E-state index is -0.501. The second-order valence-electron chi connectivity index (χ2n) is 5.63. The van der Waals surface area contributed by atoms with E-state index in [0.717, 1.165) is 23.3 Å². The van der Waals surface area contributed by atoms with E-state index < -0.39 is 6.10 Å². The summed E-state index contributed by atoms with van der Waals surface area (Å²) in [5.74, 6) is 1.29. The van der Waals surface area contributed by atoms with Gasteiger partial charge in [0.15, 0.2) is 0 Å². The first-order chi connectivity index (χ1) is 9.65. The molecular weight excluding hydrogens is 248 g/mol. The summed E-state index contributed by atoms with van der Waals surface area (Å²) in [6.45, 7) is 4.49. The van der Waals surface area contributed by atoms with Gasteiger partial charge < -0.3 is 9.84 Å². The number of hydrogen-bond donors (Lipinski definition) is 1. The van der Waals surface area contributed by atoms with E-state index in [2.05, 4.69) is 24.3 Å². The molecule has 0 saturated heterocycles. The van der Waals surface area contributed by atoms with Crippen LogP contribution in [0.25, 0.3) is 0 Å². The Morgan fingerprint density at radius 2 is 2.05 bits per heavy atom. The lowest BCUT2D eigenvalue weighted by atomic mass is 9.78. The van der Waals surface area contributed by atoms with Crippen molar-refractivity contribution in [2.45, 2.75) is 32.3 Å². The summed E-state index contributed by atoms with van der Waals surface area (Å²) in [6, 6.07) is 14.5. The molecule has 2 aromatic rings. The normalized spacial score (nSPS) is 18.1. The maximum Gasteiger partial charge on any atom is 0.125 e. The smallest absolute Gasteiger partial charge is 0.125 e. The first-order valence-corrected chi connectivity index (χ1v) is 7.14. The third-order valence-corrected chi connectivity index (χ3v) is 4.02. The summed E-state index contributed by atoms with van der Waals surface area (Å²) < 4.78 is 5.98. The van der Waals surface area contributed by atoms with Crippen molar-refractivity contribution in [3.63, 3.8) is 0 Å². The second kappa shape index (κ2) is 5.29. The maximum absolute atomic E-state index is 9.81. The van der Waals surface area contributed by atoms with E-state index in [9.17, 15) is 5.11 Å². The van der Waals surface area contributed by atoms with E-state index in [4.69, 9.17) is 4.74 Å². The van der Waals surface area contributed by atoms with Gasteiger partial charge in [-0.3, -0.25) is 0 Å². The fourth-order valence-electron chi connectivity index (χ4n) is 2.81. The van der Waals surface area contributed by atoms with Crippen LogP contribution in [0.4, 0.5) is 0 Å². The molecule has 1 aliphatic carbocycles. The van der Waals surface area contributed by atoms with Crippen molar-refractivity contribution in [1.82, 2.24) is 0 Å². The van der Waals surface area contributed by atoms with Crippen molar-refractivity contribution >= 4 is 0 Å². The van der Waals surface area contributed by atoms with Gasteiger partial charge in [-0.2, -0.15) is 0 Å². The highest BCUT2D eigenvalue weighted by Gasteiger charge is 2.26. The SMILES string of the molecule is Cc1ccc([C@@H](C)O)c(OCC2Cc3ccccc32)c1. The molecule has 0 heterocycles. The molecule has 1 aliphatic rings. The third kappa shape index (κ3) is 2.44. The Morgan fingerprint density at radius 1 is 1.25 bits per heavy atom. The van der Waals surface area contributed by atoms with Gasteiger partial charge in [-0.1, -0.05) is 36.4 Å². The van der Waals surface area contributed by atoms with Gasteiger partial charge in [-0.05, 0) is 43.0 Å². The number of benzene rings is 2. The first-order valence-electron chi connectivity index (χ1n) is 7.14. The Kier molecular flexibility index (Phi) is 3.49. The van der Waals surface area contributed by atoms with E-state index in [1.807, 2.05) is 25.1 Å². The van der Waals surface area contributed by atoms with Gasteiger partial charge in [-0.25, -0.2) is 0 Å². The van der Waals surface area contributed by atoms with Crippen LogP contribution in [0.1, 0.15) is 41.2 Å². The predicted molar refractivity (Wildman–Crippen MR) is 80.2 cm³/mol. The molecule has 0 spiro atoms. The molecule has 0 aromatic heterocycles. The summed E-state index contributed by atoms with van der Waals surface area (Å²) in [4.78, 5) is 0. The largest absolute Gasteiger partial charge is 0.493 e. The van der Waals surface area contributed by atoms with E-state index in [1.165, 1.54) is 11.1 Å². The van der Waals surface area contributed by atoms with E-state index in [1.54, 1.807) is 6.92 Å². The predicted octanol–water partition coefficient (Wildman–Crippen LogP) is 3.77. The molecule has 1 N–H and O–H groups in total. The highest BCUT2D eigenvalue weighted by molar-refractivity contribution is 5.41. The van der Waals surface area contributed by atoms with Gasteiger partial charge in [0.05, 0.1) is 12.7 Å². The molecule has 104 valence electrons. The molecule has 1 unspecified atom stereocenters. The molecule has 0 bridgehead atoms. The van der Waals surface area contributed by atoms with Crippen molar-refractivity contribution in [3.05, 3.63) is 64.7 Å². The van der Waals surface area contributed by atoms with Crippen LogP contribution in [-0.4, -0.2) is 11.7 Å². The Balaban J connectivity index is 1.72. The van der Waals surface area contributed by atoms with Crippen LogP contribution in [0.15, 0.2) is 42.5 Å². The van der Waals surface area contributed by atoms with Crippen molar-refractivity contribution in [2.24, 2.45) is 0 Å². The number of aryl methyl sites for hydroxylation is 1. The monoisotopic (exact) mass is 268 g/mol. The van der Waals surface area contributed by atoms with Crippen LogP contribution in [0, 0.1) is 6.92 Å². The quantitative estimate of drug-likeness (QED) is 0.914. The van der Waals surface area contributed by atoms with Crippen LogP contribution >= 0.6 is 0 Å². The zero-order chi connectivity index (χ0) is 14.1. The maximum atomic E-state index is 9.81. The van der Waals surface area contributed by atoms with Crippen LogP contribution in [-0.2, 0) is 6.42 Å². The summed E-state index contributed by atoms with van der Waals surface area (Å²) in [7, 11) is 0. The average Bonchev–Trinajstić information content (AvgIpc) is 2.39. The fraction of sp³-hybridized carbons (Fsp3) is 0.333. The molecule has 20 heavy (non-hydrogen) atoms. The minimum absolute atomic E-state index is 0.480. The number of aliphatic hydroxyl groups is 1. The van der Waals surface area contributed by atoms with Gasteiger partial charge in [0.1, 0.15) is 5.75 Å². The van der Waals surface area contributed by atoms with Crippen LogP contribution in [0.5, 0.6) is 5.75 Å². The van der Waals surface area contributed by atoms with Crippen LogP contribution in [0.3, 0.4) is 0 Å². The lowest BCUT2D eigenvalue weighted by Crippen LogP contribution is -2.23. The van der Waals surface area contributed by atoms with Crippen molar-refractivity contribution in [1.29, 1.82) is 0 Å². The second-order valence-corrected chi connectivity index (χ2v) is 5.63. The van der Waals surface area contributed by atoms with Gasteiger partial charge in [-0.15, -0.1) is 0 Å². The van der Waals surface area contributed by atoms with E-state index in [-0.39, 0.29) is 0 Å². The number of aliphatic hydroxyl groups excluding tert-OH is 1. The lowest BCUT2D eigenvalue weighted by molar-refractivity contribution is 0.188. The Morgan fingerprint density at radius 3 is 2.80 bits per heavy atom. The highest BCUT2D eigenvalue weighted by atomic mass is 16.5. The van der Waals surface area contributed by atoms with Crippen LogP contribution in [0.2, 0.25) is 0 Å². The molecule has 2 heteroatoms. The lowest BCUT2D eigenvalue weighted by Gasteiger charge is -2.30. The van der Waals surface area contributed by atoms with Gasteiger partial charge in [0.25, 0.3) is 0 Å². The molecule has 0 fully saturated rings. The van der Waals surface area contributed by atoms with Gasteiger partial charge in [0.2, 0.25) is 0 Å². The molecule has 0 aliphatic heterocycles. The first kappa shape index (κ1) is 13.2. The molecule has 0 amide bonds. The average molecular weight is 268 g/mol. The van der Waals surface area contributed by atoms with E-state index >= 15 is 0 Å². The summed E-state index contributed by atoms with van der Waals surface area (Å²) in [5, 5.41) is 9.81. The highest BCUT2D eigenvalue weighted by Crippen LogP contribution is 2.36. The number of fused-ring (bicyclic) bond motifs is 1. The number of ether oxygens (including phenoxy) is 1. The summed E-state index contributed by atoms with van der Waals surface area (Å²) in [5.41, 5.74) is 4.85. The minimum Gasteiger partial charge on any atom is -0.493 e. The molecular formula is C18H20O2. The summed E-state index contributed by atoms with van der Waals surface area (Å²) in [6.07, 6.45) is 0.589. The van der Waals surface area contributed by atoms with E-state index in [0.29, 0.717) is 12.5 Å². The summed E-state index contributed by atoms with van der Waals surface area (Å²) >= 11 is 0. The van der Waals surface area contributed by atoms with Gasteiger partial charge in [0, 0.05) is 11.5 Å². The van der Waals surface area contributed by atoms with Crippen molar-refractivity contribution < 1.29 is 9.84 Å². The molecule has 3 rings (SSSR count). The van der Waals surface area contributed by atoms with Crippen molar-refractivity contribution in [2.75, 3.05) is 6.61 Å². The topological polar surface area (TPSA) is 29.5 Å². The molecule has 2 atom stereocenters. The Labute approximate surface area is 120 Å². The Hall–Kier alpha value is -1.80. The van der Waals surface area contributed by atoms with Crippen LogP contribution < -0.4 is 4.74 Å². The molecule has 0 radical (unpaired) electrons. The number of hydrogen-bond acceptors (Lipinski definition) is 2. The molecule has 0 saturated carbocycles. The fourth-order valence-corrected chi connectivity index (χ4v) is 2.81. The number of rotatable bonds is 4.